The minimum Gasteiger partial charge on any atom is -0.311 e. The van der Waals surface area contributed by atoms with Gasteiger partial charge in [0.1, 0.15) is 0 Å². The van der Waals surface area contributed by atoms with E-state index < -0.39 is 0 Å². The molecule has 0 aromatic rings. The van der Waals surface area contributed by atoms with Gasteiger partial charge in [-0.1, -0.05) is 19.8 Å². The standard InChI is InChI=1S/C17H36N2/c1-14(2)19(7)13-17(12-18-16(4,5)6)10-8-9-15(3)11-17/h14-15,18H,8-13H2,1-7H3. The second kappa shape index (κ2) is 6.58. The molecule has 0 aromatic heterocycles. The third-order valence-corrected chi connectivity index (χ3v) is 4.65. The lowest BCUT2D eigenvalue weighted by atomic mass is 9.69. The number of hydrogen-bond acceptors (Lipinski definition) is 2. The normalized spacial score (nSPS) is 29.2. The number of nitrogens with zero attached hydrogens (tertiary/aromatic N) is 1. The average molecular weight is 268 g/mol. The summed E-state index contributed by atoms with van der Waals surface area (Å²) in [5.41, 5.74) is 0.702. The SMILES string of the molecule is CC1CCCC(CNC(C)(C)C)(CN(C)C(C)C)C1. The second-order valence-electron chi connectivity index (χ2n) is 8.31. The minimum atomic E-state index is 0.226. The molecule has 0 saturated heterocycles. The molecule has 0 amide bonds. The van der Waals surface area contributed by atoms with Crippen LogP contribution < -0.4 is 5.32 Å². The molecular weight excluding hydrogens is 232 g/mol. The predicted octanol–water partition coefficient (Wildman–Crippen LogP) is 3.91. The summed E-state index contributed by atoms with van der Waals surface area (Å²) >= 11 is 0. The highest BCUT2D eigenvalue weighted by atomic mass is 15.1. The molecule has 2 heteroatoms. The van der Waals surface area contributed by atoms with E-state index in [0.29, 0.717) is 11.5 Å². The summed E-state index contributed by atoms with van der Waals surface area (Å²) < 4.78 is 0. The van der Waals surface area contributed by atoms with Crippen LogP contribution in [0.5, 0.6) is 0 Å². The van der Waals surface area contributed by atoms with Crippen molar-refractivity contribution in [1.29, 1.82) is 0 Å². The molecule has 0 aromatic carbocycles. The van der Waals surface area contributed by atoms with Gasteiger partial charge >= 0.3 is 0 Å². The van der Waals surface area contributed by atoms with E-state index in [1.165, 1.54) is 32.2 Å². The molecule has 2 unspecified atom stereocenters. The summed E-state index contributed by atoms with van der Waals surface area (Å²) in [6.07, 6.45) is 5.59. The van der Waals surface area contributed by atoms with E-state index in [1.54, 1.807) is 0 Å². The van der Waals surface area contributed by atoms with Crippen LogP contribution in [0.25, 0.3) is 0 Å². The van der Waals surface area contributed by atoms with Crippen molar-refractivity contribution in [2.75, 3.05) is 20.1 Å². The van der Waals surface area contributed by atoms with E-state index in [9.17, 15) is 0 Å². The van der Waals surface area contributed by atoms with Gasteiger partial charge in [-0.25, -0.2) is 0 Å². The van der Waals surface area contributed by atoms with Gasteiger partial charge in [-0.2, -0.15) is 0 Å². The lowest BCUT2D eigenvalue weighted by molar-refractivity contribution is 0.0730. The second-order valence-corrected chi connectivity index (χ2v) is 8.31. The molecule has 114 valence electrons. The Kier molecular flexibility index (Phi) is 5.88. The van der Waals surface area contributed by atoms with Gasteiger partial charge in [-0.3, -0.25) is 0 Å². The molecule has 2 nitrogen and oxygen atoms in total. The smallest absolute Gasteiger partial charge is 0.00967 e. The minimum absolute atomic E-state index is 0.226. The van der Waals surface area contributed by atoms with Crippen LogP contribution in [0.15, 0.2) is 0 Å². The van der Waals surface area contributed by atoms with Crippen molar-refractivity contribution in [1.82, 2.24) is 10.2 Å². The van der Waals surface area contributed by atoms with E-state index in [-0.39, 0.29) is 5.54 Å². The molecule has 0 heterocycles. The van der Waals surface area contributed by atoms with Gasteiger partial charge in [-0.05, 0) is 65.8 Å². The van der Waals surface area contributed by atoms with Crippen LogP contribution in [0.1, 0.15) is 67.2 Å². The molecular formula is C17H36N2. The van der Waals surface area contributed by atoms with Crippen LogP contribution in [0.2, 0.25) is 0 Å². The van der Waals surface area contributed by atoms with Crippen molar-refractivity contribution in [2.24, 2.45) is 11.3 Å². The molecule has 0 spiro atoms. The summed E-state index contributed by atoms with van der Waals surface area (Å²) in [5.74, 6) is 0.885. The van der Waals surface area contributed by atoms with E-state index >= 15 is 0 Å². The first-order valence-corrected chi connectivity index (χ1v) is 8.09. The van der Waals surface area contributed by atoms with Gasteiger partial charge in [0.15, 0.2) is 0 Å². The largest absolute Gasteiger partial charge is 0.311 e. The van der Waals surface area contributed by atoms with Gasteiger partial charge in [-0.15, -0.1) is 0 Å². The van der Waals surface area contributed by atoms with Crippen molar-refractivity contribution < 1.29 is 0 Å². The Morgan fingerprint density at radius 3 is 2.42 bits per heavy atom. The van der Waals surface area contributed by atoms with Crippen LogP contribution >= 0.6 is 0 Å². The van der Waals surface area contributed by atoms with Gasteiger partial charge in [0.05, 0.1) is 0 Å². The third-order valence-electron chi connectivity index (χ3n) is 4.65. The lowest BCUT2D eigenvalue weighted by Gasteiger charge is -2.45. The number of nitrogens with one attached hydrogen (secondary N) is 1. The van der Waals surface area contributed by atoms with E-state index in [4.69, 9.17) is 0 Å². The topological polar surface area (TPSA) is 15.3 Å². The first kappa shape index (κ1) is 17.0. The van der Waals surface area contributed by atoms with E-state index in [0.717, 1.165) is 12.5 Å². The quantitative estimate of drug-likeness (QED) is 0.813. The van der Waals surface area contributed by atoms with E-state index in [2.05, 4.69) is 58.8 Å². The Hall–Kier alpha value is -0.0800. The lowest BCUT2D eigenvalue weighted by Crippen LogP contribution is -2.51. The molecule has 1 N–H and O–H groups in total. The maximum atomic E-state index is 3.77. The van der Waals surface area contributed by atoms with Crippen molar-refractivity contribution in [3.63, 3.8) is 0 Å². The zero-order valence-corrected chi connectivity index (χ0v) is 14.3. The van der Waals surface area contributed by atoms with Gasteiger partial charge < -0.3 is 10.2 Å². The van der Waals surface area contributed by atoms with Crippen LogP contribution in [-0.2, 0) is 0 Å². The third kappa shape index (κ3) is 5.83. The first-order chi connectivity index (χ1) is 8.64. The summed E-state index contributed by atoms with van der Waals surface area (Å²) in [7, 11) is 2.28. The molecule has 1 aliphatic carbocycles. The predicted molar refractivity (Wildman–Crippen MR) is 85.6 cm³/mol. The molecule has 2 atom stereocenters. The fraction of sp³-hybridized carbons (Fsp3) is 1.00. The first-order valence-electron chi connectivity index (χ1n) is 8.09. The van der Waals surface area contributed by atoms with Gasteiger partial charge in [0.25, 0.3) is 0 Å². The van der Waals surface area contributed by atoms with Crippen molar-refractivity contribution in [3.8, 4) is 0 Å². The molecule has 19 heavy (non-hydrogen) atoms. The van der Waals surface area contributed by atoms with Gasteiger partial charge in [0, 0.05) is 24.7 Å². The fourth-order valence-corrected chi connectivity index (χ4v) is 3.29. The number of hydrogen-bond donors (Lipinski definition) is 1. The van der Waals surface area contributed by atoms with Crippen LogP contribution in [0.3, 0.4) is 0 Å². The molecule has 0 bridgehead atoms. The Morgan fingerprint density at radius 2 is 1.95 bits per heavy atom. The van der Waals surface area contributed by atoms with Crippen molar-refractivity contribution in [2.45, 2.75) is 78.8 Å². The number of rotatable bonds is 5. The Labute approximate surface area is 121 Å². The Bertz CT molecular complexity index is 267. The molecule has 1 saturated carbocycles. The zero-order valence-electron chi connectivity index (χ0n) is 14.3. The summed E-state index contributed by atoms with van der Waals surface area (Å²) in [4.78, 5) is 2.53. The zero-order chi connectivity index (χ0) is 14.7. The van der Waals surface area contributed by atoms with E-state index in [1.807, 2.05) is 0 Å². The van der Waals surface area contributed by atoms with Crippen LogP contribution in [-0.4, -0.2) is 36.6 Å². The van der Waals surface area contributed by atoms with Crippen molar-refractivity contribution >= 4 is 0 Å². The average Bonchev–Trinajstić information content (AvgIpc) is 2.25. The summed E-state index contributed by atoms with van der Waals surface area (Å²) in [5, 5.41) is 3.77. The highest BCUT2D eigenvalue weighted by Crippen LogP contribution is 2.40. The maximum Gasteiger partial charge on any atom is 0.00967 e. The van der Waals surface area contributed by atoms with Gasteiger partial charge in [0.2, 0.25) is 0 Å². The fourth-order valence-electron chi connectivity index (χ4n) is 3.29. The Morgan fingerprint density at radius 1 is 1.32 bits per heavy atom. The highest BCUT2D eigenvalue weighted by molar-refractivity contribution is 4.91. The molecule has 1 fully saturated rings. The summed E-state index contributed by atoms with van der Waals surface area (Å²) in [6.45, 7) is 16.3. The van der Waals surface area contributed by atoms with Crippen LogP contribution in [0, 0.1) is 11.3 Å². The maximum absolute atomic E-state index is 3.77. The highest BCUT2D eigenvalue weighted by Gasteiger charge is 2.36. The molecule has 0 radical (unpaired) electrons. The van der Waals surface area contributed by atoms with Crippen LogP contribution in [0.4, 0.5) is 0 Å². The monoisotopic (exact) mass is 268 g/mol. The molecule has 0 aliphatic heterocycles. The Balaban J connectivity index is 2.72. The molecule has 1 rings (SSSR count). The molecule has 1 aliphatic rings. The summed E-state index contributed by atoms with van der Waals surface area (Å²) in [6, 6.07) is 0.642. The van der Waals surface area contributed by atoms with Crippen molar-refractivity contribution in [3.05, 3.63) is 0 Å².